The number of amides is 1. The highest BCUT2D eigenvalue weighted by Gasteiger charge is 2.12. The molecule has 110 valence electrons. The summed E-state index contributed by atoms with van der Waals surface area (Å²) < 4.78 is 2.53. The lowest BCUT2D eigenvalue weighted by Gasteiger charge is -2.02. The minimum absolute atomic E-state index is 0.128. The van der Waals surface area contributed by atoms with Gasteiger partial charge in [-0.3, -0.25) is 4.79 Å². The Morgan fingerprint density at radius 1 is 1.09 bits per heavy atom. The smallest absolute Gasteiger partial charge is 0.295 e. The van der Waals surface area contributed by atoms with Crippen LogP contribution in [0.4, 0.5) is 5.69 Å². The first-order valence-electron chi connectivity index (χ1n) is 6.67. The van der Waals surface area contributed by atoms with Crippen LogP contribution in [0.1, 0.15) is 16.2 Å². The molecule has 2 aromatic carbocycles. The highest BCUT2D eigenvalue weighted by atomic mass is 79.9. The van der Waals surface area contributed by atoms with Gasteiger partial charge in [-0.25, -0.2) is 9.67 Å². The van der Waals surface area contributed by atoms with Crippen molar-refractivity contribution in [1.82, 2.24) is 14.8 Å². The molecular weight excluding hydrogens is 344 g/mol. The number of hydrogen-bond acceptors (Lipinski definition) is 3. The Kier molecular flexibility index (Phi) is 4.02. The van der Waals surface area contributed by atoms with Crippen molar-refractivity contribution in [3.05, 3.63) is 70.7 Å². The van der Waals surface area contributed by atoms with E-state index in [1.54, 1.807) is 16.8 Å². The van der Waals surface area contributed by atoms with Crippen LogP contribution >= 0.6 is 15.9 Å². The zero-order chi connectivity index (χ0) is 15.5. The molecule has 0 bridgehead atoms. The normalized spacial score (nSPS) is 10.5. The van der Waals surface area contributed by atoms with Crippen LogP contribution in [-0.4, -0.2) is 20.7 Å². The first-order chi connectivity index (χ1) is 10.6. The molecule has 0 radical (unpaired) electrons. The summed E-state index contributed by atoms with van der Waals surface area (Å²) in [5.41, 5.74) is 2.72. The fourth-order valence-corrected chi connectivity index (χ4v) is 2.17. The molecule has 1 aromatic heterocycles. The number of nitrogens with one attached hydrogen (secondary N) is 1. The predicted octanol–water partition coefficient (Wildman–Crippen LogP) is 3.59. The lowest BCUT2D eigenvalue weighted by atomic mass is 10.2. The van der Waals surface area contributed by atoms with Crippen molar-refractivity contribution in [2.24, 2.45) is 0 Å². The average Bonchev–Trinajstić information content (AvgIpc) is 3.00. The van der Waals surface area contributed by atoms with Crippen LogP contribution in [0.5, 0.6) is 0 Å². The summed E-state index contributed by atoms with van der Waals surface area (Å²) in [5.74, 6) is -0.211. The molecule has 0 aliphatic carbocycles. The molecule has 0 saturated heterocycles. The Morgan fingerprint density at radius 2 is 1.77 bits per heavy atom. The van der Waals surface area contributed by atoms with E-state index in [0.29, 0.717) is 5.69 Å². The molecule has 5 nitrogen and oxygen atoms in total. The van der Waals surface area contributed by atoms with Gasteiger partial charge >= 0.3 is 0 Å². The van der Waals surface area contributed by atoms with Gasteiger partial charge in [-0.1, -0.05) is 33.6 Å². The summed E-state index contributed by atoms with van der Waals surface area (Å²) in [4.78, 5) is 16.2. The van der Waals surface area contributed by atoms with Gasteiger partial charge in [-0.05, 0) is 43.3 Å². The van der Waals surface area contributed by atoms with Crippen LogP contribution in [0, 0.1) is 6.92 Å². The summed E-state index contributed by atoms with van der Waals surface area (Å²) >= 11 is 3.35. The number of anilines is 1. The Bertz CT molecular complexity index is 794. The third-order valence-corrected chi connectivity index (χ3v) is 3.62. The van der Waals surface area contributed by atoms with Gasteiger partial charge in [0.2, 0.25) is 5.82 Å². The van der Waals surface area contributed by atoms with Crippen molar-refractivity contribution in [1.29, 1.82) is 0 Å². The molecule has 0 aliphatic heterocycles. The minimum Gasteiger partial charge on any atom is -0.319 e. The maximum absolute atomic E-state index is 12.1. The lowest BCUT2D eigenvalue weighted by molar-refractivity contribution is 0.101. The van der Waals surface area contributed by atoms with Gasteiger partial charge in [-0.2, -0.15) is 0 Å². The van der Waals surface area contributed by atoms with E-state index in [4.69, 9.17) is 0 Å². The fraction of sp³-hybridized carbons (Fsp3) is 0.0625. The zero-order valence-electron chi connectivity index (χ0n) is 11.8. The molecule has 1 amide bonds. The van der Waals surface area contributed by atoms with E-state index in [1.807, 2.05) is 43.3 Å². The quantitative estimate of drug-likeness (QED) is 0.779. The summed E-state index contributed by atoms with van der Waals surface area (Å²) in [7, 11) is 0. The molecule has 0 fully saturated rings. The third-order valence-electron chi connectivity index (χ3n) is 3.10. The number of carbonyl (C=O) groups excluding carboxylic acids is 1. The maximum Gasteiger partial charge on any atom is 0.295 e. The van der Waals surface area contributed by atoms with Crippen molar-refractivity contribution in [3.63, 3.8) is 0 Å². The summed E-state index contributed by atoms with van der Waals surface area (Å²) in [6, 6.07) is 15.2. The van der Waals surface area contributed by atoms with E-state index >= 15 is 0 Å². The van der Waals surface area contributed by atoms with Gasteiger partial charge in [-0.15, -0.1) is 5.10 Å². The Morgan fingerprint density at radius 3 is 2.45 bits per heavy atom. The Balaban J connectivity index is 1.76. The van der Waals surface area contributed by atoms with Gasteiger partial charge in [0.1, 0.15) is 6.33 Å². The van der Waals surface area contributed by atoms with Gasteiger partial charge < -0.3 is 5.32 Å². The number of halogens is 1. The first-order valence-corrected chi connectivity index (χ1v) is 7.47. The van der Waals surface area contributed by atoms with Crippen molar-refractivity contribution in [3.8, 4) is 5.69 Å². The molecule has 0 aliphatic rings. The number of rotatable bonds is 3. The Hall–Kier alpha value is -2.47. The number of aromatic nitrogens is 3. The van der Waals surface area contributed by atoms with E-state index in [2.05, 4.69) is 31.3 Å². The van der Waals surface area contributed by atoms with Crippen LogP contribution in [0.25, 0.3) is 5.69 Å². The second-order valence-electron chi connectivity index (χ2n) is 4.81. The largest absolute Gasteiger partial charge is 0.319 e. The molecule has 3 rings (SSSR count). The summed E-state index contributed by atoms with van der Waals surface area (Å²) in [6.07, 6.45) is 1.53. The van der Waals surface area contributed by atoms with Gasteiger partial charge in [0.25, 0.3) is 5.91 Å². The van der Waals surface area contributed by atoms with Gasteiger partial charge in [0.05, 0.1) is 5.69 Å². The van der Waals surface area contributed by atoms with Gasteiger partial charge in [0.15, 0.2) is 0 Å². The van der Waals surface area contributed by atoms with E-state index < -0.39 is 0 Å². The molecule has 1 N–H and O–H groups in total. The molecule has 22 heavy (non-hydrogen) atoms. The molecular formula is C16H13BrN4O. The highest BCUT2D eigenvalue weighted by Crippen LogP contribution is 2.15. The third kappa shape index (κ3) is 3.23. The lowest BCUT2D eigenvalue weighted by Crippen LogP contribution is -2.14. The minimum atomic E-state index is -0.340. The van der Waals surface area contributed by atoms with Crippen molar-refractivity contribution < 1.29 is 4.79 Å². The maximum atomic E-state index is 12.1. The van der Waals surface area contributed by atoms with Crippen molar-refractivity contribution >= 4 is 27.5 Å². The van der Waals surface area contributed by atoms with Crippen LogP contribution in [0.3, 0.4) is 0 Å². The number of carbonyl (C=O) groups is 1. The number of aryl methyl sites for hydroxylation is 1. The molecule has 0 atom stereocenters. The van der Waals surface area contributed by atoms with Crippen LogP contribution in [0.15, 0.2) is 59.3 Å². The zero-order valence-corrected chi connectivity index (χ0v) is 13.4. The van der Waals surface area contributed by atoms with E-state index in [9.17, 15) is 4.79 Å². The van der Waals surface area contributed by atoms with E-state index in [1.165, 1.54) is 6.33 Å². The molecule has 1 heterocycles. The summed E-state index contributed by atoms with van der Waals surface area (Å²) in [5, 5.41) is 6.97. The van der Waals surface area contributed by atoms with Crippen LogP contribution in [-0.2, 0) is 0 Å². The standard InChI is InChI=1S/C16H13BrN4O/c1-11-2-8-14(9-3-11)21-10-18-15(20-21)16(22)19-13-6-4-12(17)5-7-13/h2-10H,1H3,(H,19,22). The SMILES string of the molecule is Cc1ccc(-n2cnc(C(=O)Nc3ccc(Br)cc3)n2)cc1. The second-order valence-corrected chi connectivity index (χ2v) is 5.72. The average molecular weight is 357 g/mol. The number of nitrogens with zero attached hydrogens (tertiary/aromatic N) is 3. The monoisotopic (exact) mass is 356 g/mol. The van der Waals surface area contributed by atoms with Crippen LogP contribution in [0.2, 0.25) is 0 Å². The fourth-order valence-electron chi connectivity index (χ4n) is 1.91. The van der Waals surface area contributed by atoms with E-state index in [0.717, 1.165) is 15.7 Å². The first kappa shape index (κ1) is 14.5. The molecule has 0 spiro atoms. The molecule has 3 aromatic rings. The topological polar surface area (TPSA) is 59.8 Å². The Labute approximate surface area is 136 Å². The summed E-state index contributed by atoms with van der Waals surface area (Å²) in [6.45, 7) is 2.02. The molecule has 0 saturated carbocycles. The molecule has 0 unspecified atom stereocenters. The second kappa shape index (κ2) is 6.11. The van der Waals surface area contributed by atoms with Gasteiger partial charge in [0, 0.05) is 10.2 Å². The predicted molar refractivity (Wildman–Crippen MR) is 88.2 cm³/mol. The van der Waals surface area contributed by atoms with Crippen molar-refractivity contribution in [2.75, 3.05) is 5.32 Å². The van der Waals surface area contributed by atoms with E-state index in [-0.39, 0.29) is 11.7 Å². The van der Waals surface area contributed by atoms with Crippen LogP contribution < -0.4 is 5.32 Å². The highest BCUT2D eigenvalue weighted by molar-refractivity contribution is 9.10. The van der Waals surface area contributed by atoms with Crippen molar-refractivity contribution in [2.45, 2.75) is 6.92 Å². The molecule has 6 heteroatoms. The number of benzene rings is 2. The number of hydrogen-bond donors (Lipinski definition) is 1.